The Balaban J connectivity index is 1.81. The average Bonchev–Trinajstić information content (AvgIpc) is 2.86. The smallest absolute Gasteiger partial charge is 0.0465 e. The van der Waals surface area contributed by atoms with Crippen molar-refractivity contribution in [1.82, 2.24) is 10.2 Å². The van der Waals surface area contributed by atoms with Gasteiger partial charge in [-0.1, -0.05) is 29.3 Å². The van der Waals surface area contributed by atoms with E-state index in [-0.39, 0.29) is 0 Å². The van der Waals surface area contributed by atoms with Crippen molar-refractivity contribution in [1.29, 1.82) is 0 Å². The van der Waals surface area contributed by atoms with E-state index in [0.29, 0.717) is 6.04 Å². The highest BCUT2D eigenvalue weighted by molar-refractivity contribution is 6.35. The predicted octanol–water partition coefficient (Wildman–Crippen LogP) is 3.57. The molecular formula is C14H20Cl2N2. The van der Waals surface area contributed by atoms with Crippen molar-refractivity contribution in [2.75, 3.05) is 19.6 Å². The summed E-state index contributed by atoms with van der Waals surface area (Å²) in [6.45, 7) is 6.44. The predicted molar refractivity (Wildman–Crippen MR) is 78.4 cm³/mol. The molecule has 100 valence electrons. The molecule has 2 rings (SSSR count). The zero-order valence-electron chi connectivity index (χ0n) is 10.8. The normalized spacial score (nSPS) is 18.2. The van der Waals surface area contributed by atoms with E-state index in [2.05, 4.69) is 17.1 Å². The summed E-state index contributed by atoms with van der Waals surface area (Å²) >= 11 is 12.3. The number of nitrogens with one attached hydrogen (secondary N) is 1. The molecule has 0 radical (unpaired) electrons. The van der Waals surface area contributed by atoms with E-state index in [1.54, 1.807) is 0 Å². The molecule has 18 heavy (non-hydrogen) atoms. The standard InChI is InChI=1S/C14H20Cl2N2/c1-11(18-7-2-3-8-18)9-17-10-12-13(15)5-4-6-14(12)16/h4-6,11,17H,2-3,7-10H2,1H3. The Morgan fingerprint density at radius 2 is 1.83 bits per heavy atom. The molecule has 2 nitrogen and oxygen atoms in total. The van der Waals surface area contributed by atoms with Gasteiger partial charge in [0, 0.05) is 34.7 Å². The third-order valence-corrected chi connectivity index (χ3v) is 4.28. The maximum atomic E-state index is 6.14. The molecule has 4 heteroatoms. The van der Waals surface area contributed by atoms with Gasteiger partial charge in [-0.05, 0) is 45.0 Å². The number of benzene rings is 1. The summed E-state index contributed by atoms with van der Waals surface area (Å²) in [5.41, 5.74) is 0.995. The van der Waals surface area contributed by atoms with Crippen LogP contribution in [-0.2, 0) is 6.54 Å². The summed E-state index contributed by atoms with van der Waals surface area (Å²) in [5.74, 6) is 0. The molecule has 0 aromatic heterocycles. The summed E-state index contributed by atoms with van der Waals surface area (Å²) in [6.07, 6.45) is 2.67. The van der Waals surface area contributed by atoms with Gasteiger partial charge in [-0.15, -0.1) is 0 Å². The maximum absolute atomic E-state index is 6.14. The Kier molecular flexibility index (Phi) is 5.31. The van der Waals surface area contributed by atoms with Crippen LogP contribution in [-0.4, -0.2) is 30.6 Å². The van der Waals surface area contributed by atoms with E-state index in [4.69, 9.17) is 23.2 Å². The number of hydrogen-bond donors (Lipinski definition) is 1. The Hall–Kier alpha value is -0.280. The van der Waals surface area contributed by atoms with Crippen LogP contribution in [0.3, 0.4) is 0 Å². The van der Waals surface area contributed by atoms with E-state index in [9.17, 15) is 0 Å². The third kappa shape index (κ3) is 3.61. The van der Waals surface area contributed by atoms with Crippen LogP contribution in [0.2, 0.25) is 10.0 Å². The minimum atomic E-state index is 0.578. The Labute approximate surface area is 119 Å². The van der Waals surface area contributed by atoms with Gasteiger partial charge in [-0.3, -0.25) is 4.90 Å². The van der Waals surface area contributed by atoms with Crippen LogP contribution in [0, 0.1) is 0 Å². The largest absolute Gasteiger partial charge is 0.311 e. The highest BCUT2D eigenvalue weighted by Crippen LogP contribution is 2.23. The van der Waals surface area contributed by atoms with Gasteiger partial charge in [-0.2, -0.15) is 0 Å². The molecule has 1 saturated heterocycles. The van der Waals surface area contributed by atoms with Crippen LogP contribution < -0.4 is 5.32 Å². The fourth-order valence-electron chi connectivity index (χ4n) is 2.42. The first-order valence-electron chi connectivity index (χ1n) is 6.56. The molecule has 1 unspecified atom stereocenters. The van der Waals surface area contributed by atoms with Gasteiger partial charge >= 0.3 is 0 Å². The first-order valence-corrected chi connectivity index (χ1v) is 7.31. The first kappa shape index (κ1) is 14.1. The van der Waals surface area contributed by atoms with Gasteiger partial charge in [0.2, 0.25) is 0 Å². The van der Waals surface area contributed by atoms with Crippen LogP contribution in [0.5, 0.6) is 0 Å². The minimum absolute atomic E-state index is 0.578. The fourth-order valence-corrected chi connectivity index (χ4v) is 2.95. The molecule has 1 aliphatic heterocycles. The summed E-state index contributed by atoms with van der Waals surface area (Å²) in [7, 11) is 0. The minimum Gasteiger partial charge on any atom is -0.311 e. The maximum Gasteiger partial charge on any atom is 0.0465 e. The quantitative estimate of drug-likeness (QED) is 0.890. The van der Waals surface area contributed by atoms with Gasteiger partial charge in [0.15, 0.2) is 0 Å². The summed E-state index contributed by atoms with van der Waals surface area (Å²) in [6, 6.07) is 6.22. The first-order chi connectivity index (χ1) is 8.68. The topological polar surface area (TPSA) is 15.3 Å². The van der Waals surface area contributed by atoms with Crippen molar-refractivity contribution < 1.29 is 0 Å². The lowest BCUT2D eigenvalue weighted by Gasteiger charge is -2.24. The van der Waals surface area contributed by atoms with E-state index in [1.165, 1.54) is 25.9 Å². The van der Waals surface area contributed by atoms with Gasteiger partial charge in [0.1, 0.15) is 0 Å². The second-order valence-electron chi connectivity index (χ2n) is 4.92. The Bertz CT molecular complexity index is 369. The summed E-state index contributed by atoms with van der Waals surface area (Å²) in [5, 5.41) is 4.93. The van der Waals surface area contributed by atoms with E-state index in [1.807, 2.05) is 18.2 Å². The molecule has 1 aliphatic rings. The highest BCUT2D eigenvalue weighted by atomic mass is 35.5. The number of halogens is 2. The van der Waals surface area contributed by atoms with Crippen molar-refractivity contribution >= 4 is 23.2 Å². The molecule has 1 atom stereocenters. The molecular weight excluding hydrogens is 267 g/mol. The number of nitrogens with zero attached hydrogens (tertiary/aromatic N) is 1. The molecule has 0 aliphatic carbocycles. The van der Waals surface area contributed by atoms with Gasteiger partial charge in [0.05, 0.1) is 0 Å². The van der Waals surface area contributed by atoms with E-state index < -0.39 is 0 Å². The van der Waals surface area contributed by atoms with E-state index in [0.717, 1.165) is 28.7 Å². The number of rotatable bonds is 5. The summed E-state index contributed by atoms with van der Waals surface area (Å²) in [4.78, 5) is 2.53. The third-order valence-electron chi connectivity index (χ3n) is 3.57. The second-order valence-corrected chi connectivity index (χ2v) is 5.74. The van der Waals surface area contributed by atoms with Crippen molar-refractivity contribution in [2.45, 2.75) is 32.4 Å². The zero-order chi connectivity index (χ0) is 13.0. The number of likely N-dealkylation sites (tertiary alicyclic amines) is 1. The molecule has 1 heterocycles. The van der Waals surface area contributed by atoms with Crippen molar-refractivity contribution in [3.05, 3.63) is 33.8 Å². The van der Waals surface area contributed by atoms with Crippen molar-refractivity contribution in [3.8, 4) is 0 Å². The second kappa shape index (κ2) is 6.76. The van der Waals surface area contributed by atoms with Crippen LogP contribution >= 0.6 is 23.2 Å². The molecule has 0 spiro atoms. The zero-order valence-corrected chi connectivity index (χ0v) is 12.3. The Morgan fingerprint density at radius 1 is 1.22 bits per heavy atom. The lowest BCUT2D eigenvalue weighted by Crippen LogP contribution is -2.38. The molecule has 1 N–H and O–H groups in total. The Morgan fingerprint density at radius 3 is 2.44 bits per heavy atom. The van der Waals surface area contributed by atoms with Crippen LogP contribution in [0.25, 0.3) is 0 Å². The fraction of sp³-hybridized carbons (Fsp3) is 0.571. The van der Waals surface area contributed by atoms with Crippen LogP contribution in [0.15, 0.2) is 18.2 Å². The van der Waals surface area contributed by atoms with Crippen molar-refractivity contribution in [3.63, 3.8) is 0 Å². The average molecular weight is 287 g/mol. The van der Waals surface area contributed by atoms with Gasteiger partial charge < -0.3 is 5.32 Å². The number of hydrogen-bond acceptors (Lipinski definition) is 2. The van der Waals surface area contributed by atoms with Gasteiger partial charge in [-0.25, -0.2) is 0 Å². The monoisotopic (exact) mass is 286 g/mol. The lowest BCUT2D eigenvalue weighted by atomic mass is 10.2. The SMILES string of the molecule is CC(CNCc1c(Cl)cccc1Cl)N1CCCC1. The molecule has 1 aromatic carbocycles. The van der Waals surface area contributed by atoms with Crippen molar-refractivity contribution in [2.24, 2.45) is 0 Å². The van der Waals surface area contributed by atoms with E-state index >= 15 is 0 Å². The highest BCUT2D eigenvalue weighted by Gasteiger charge is 2.17. The molecule has 0 saturated carbocycles. The van der Waals surface area contributed by atoms with Gasteiger partial charge in [0.25, 0.3) is 0 Å². The molecule has 1 fully saturated rings. The summed E-state index contributed by atoms with van der Waals surface area (Å²) < 4.78 is 0. The molecule has 0 amide bonds. The molecule has 0 bridgehead atoms. The van der Waals surface area contributed by atoms with Crippen LogP contribution in [0.4, 0.5) is 0 Å². The van der Waals surface area contributed by atoms with Crippen LogP contribution in [0.1, 0.15) is 25.3 Å². The lowest BCUT2D eigenvalue weighted by molar-refractivity contribution is 0.251. The molecule has 1 aromatic rings.